The van der Waals surface area contributed by atoms with E-state index in [1.54, 1.807) is 12.1 Å². The first-order valence-corrected chi connectivity index (χ1v) is 5.69. The Hall–Kier alpha value is -1.52. The summed E-state index contributed by atoms with van der Waals surface area (Å²) in [6.45, 7) is 3.87. The van der Waals surface area contributed by atoms with Crippen LogP contribution in [0.5, 0.6) is 0 Å². The van der Waals surface area contributed by atoms with Crippen LogP contribution in [-0.4, -0.2) is 43.3 Å². The van der Waals surface area contributed by atoms with Crippen molar-refractivity contribution in [3.05, 3.63) is 35.4 Å². The Labute approximate surface area is 100 Å². The third kappa shape index (κ3) is 2.99. The molecule has 0 atom stereocenters. The minimum Gasteiger partial charge on any atom is -0.379 e. The van der Waals surface area contributed by atoms with E-state index < -0.39 is 5.78 Å². The molecule has 0 aromatic heterocycles. The number of rotatable bonds is 4. The highest BCUT2D eigenvalue weighted by Crippen LogP contribution is 2.13. The molecule has 0 bridgehead atoms. The van der Waals surface area contributed by atoms with Crippen LogP contribution >= 0.6 is 0 Å². The molecule has 1 fully saturated rings. The highest BCUT2D eigenvalue weighted by atomic mass is 16.5. The summed E-state index contributed by atoms with van der Waals surface area (Å²) in [7, 11) is 0. The Morgan fingerprint density at radius 2 is 2.00 bits per heavy atom. The summed E-state index contributed by atoms with van der Waals surface area (Å²) in [5, 5.41) is 0. The Morgan fingerprint density at radius 1 is 1.29 bits per heavy atom. The van der Waals surface area contributed by atoms with Gasteiger partial charge in [-0.1, -0.05) is 24.3 Å². The van der Waals surface area contributed by atoms with E-state index in [9.17, 15) is 9.59 Å². The molecule has 1 aromatic carbocycles. The highest BCUT2D eigenvalue weighted by molar-refractivity contribution is 6.33. The van der Waals surface area contributed by atoms with Gasteiger partial charge in [-0.3, -0.25) is 14.5 Å². The topological polar surface area (TPSA) is 46.6 Å². The summed E-state index contributed by atoms with van der Waals surface area (Å²) in [5.74, 6) is -0.450. The van der Waals surface area contributed by atoms with Crippen molar-refractivity contribution in [2.45, 2.75) is 6.54 Å². The van der Waals surface area contributed by atoms with Gasteiger partial charge < -0.3 is 4.74 Å². The van der Waals surface area contributed by atoms with Crippen LogP contribution in [0.15, 0.2) is 24.3 Å². The smallest absolute Gasteiger partial charge is 0.225 e. The fourth-order valence-electron chi connectivity index (χ4n) is 1.96. The number of hydrogen-bond acceptors (Lipinski definition) is 4. The second kappa shape index (κ2) is 5.70. The van der Waals surface area contributed by atoms with E-state index >= 15 is 0 Å². The number of carbonyl (C=O) groups excluding carboxylic acids is 2. The number of carbonyl (C=O) groups is 2. The third-order valence-electron chi connectivity index (χ3n) is 2.89. The van der Waals surface area contributed by atoms with Crippen molar-refractivity contribution in [3.8, 4) is 0 Å². The fourth-order valence-corrected chi connectivity index (χ4v) is 1.96. The molecule has 4 heteroatoms. The summed E-state index contributed by atoms with van der Waals surface area (Å²) < 4.78 is 5.27. The Balaban J connectivity index is 2.13. The number of morpholine rings is 1. The van der Waals surface area contributed by atoms with Gasteiger partial charge in [0.15, 0.2) is 6.29 Å². The summed E-state index contributed by atoms with van der Waals surface area (Å²) in [4.78, 5) is 24.3. The largest absolute Gasteiger partial charge is 0.379 e. The maximum Gasteiger partial charge on any atom is 0.225 e. The fraction of sp³-hybridized carbons (Fsp3) is 0.385. The second-order valence-corrected chi connectivity index (χ2v) is 4.03. The lowest BCUT2D eigenvalue weighted by molar-refractivity contribution is -0.104. The average Bonchev–Trinajstić information content (AvgIpc) is 2.40. The van der Waals surface area contributed by atoms with Crippen molar-refractivity contribution >= 4 is 12.1 Å². The summed E-state index contributed by atoms with van der Waals surface area (Å²) in [6, 6.07) is 7.26. The van der Waals surface area contributed by atoms with Crippen molar-refractivity contribution in [1.82, 2.24) is 4.90 Å². The predicted molar refractivity (Wildman–Crippen MR) is 62.9 cm³/mol. The van der Waals surface area contributed by atoms with Crippen LogP contribution in [0.4, 0.5) is 0 Å². The molecular formula is C13H15NO3. The number of ketones is 1. The molecular weight excluding hydrogens is 218 g/mol. The molecule has 0 radical (unpaired) electrons. The lowest BCUT2D eigenvalue weighted by Gasteiger charge is -2.27. The van der Waals surface area contributed by atoms with Crippen LogP contribution in [0.1, 0.15) is 15.9 Å². The van der Waals surface area contributed by atoms with E-state index in [1.165, 1.54) is 0 Å². The predicted octanol–water partition coefficient (Wildman–Crippen LogP) is 0.900. The third-order valence-corrected chi connectivity index (χ3v) is 2.89. The first-order chi connectivity index (χ1) is 8.31. The van der Waals surface area contributed by atoms with Gasteiger partial charge >= 0.3 is 0 Å². The molecule has 1 aliphatic heterocycles. The minimum absolute atomic E-state index is 0.373. The molecule has 2 rings (SSSR count). The standard InChI is InChI=1S/C13H15NO3/c15-10-13(16)12-4-2-1-3-11(12)9-14-5-7-17-8-6-14/h1-4,10H,5-9H2. The van der Waals surface area contributed by atoms with Crippen molar-refractivity contribution in [1.29, 1.82) is 0 Å². The van der Waals surface area contributed by atoms with Gasteiger partial charge in [0, 0.05) is 25.2 Å². The molecule has 1 aromatic rings. The van der Waals surface area contributed by atoms with Crippen molar-refractivity contribution in [3.63, 3.8) is 0 Å². The number of ether oxygens (including phenoxy) is 1. The number of nitrogens with zero attached hydrogens (tertiary/aromatic N) is 1. The Morgan fingerprint density at radius 3 is 2.71 bits per heavy atom. The average molecular weight is 233 g/mol. The minimum atomic E-state index is -0.450. The summed E-state index contributed by atoms with van der Waals surface area (Å²) in [5.41, 5.74) is 1.42. The second-order valence-electron chi connectivity index (χ2n) is 4.03. The molecule has 1 saturated heterocycles. The molecule has 1 heterocycles. The molecule has 0 N–H and O–H groups in total. The normalized spacial score (nSPS) is 16.7. The maximum atomic E-state index is 11.5. The lowest BCUT2D eigenvalue weighted by atomic mass is 10.0. The molecule has 1 aliphatic rings. The molecule has 17 heavy (non-hydrogen) atoms. The van der Waals surface area contributed by atoms with E-state index in [-0.39, 0.29) is 0 Å². The number of aldehydes is 1. The number of Topliss-reactive ketones (excluding diaryl/α,β-unsaturated/α-hetero) is 1. The van der Waals surface area contributed by atoms with Crippen LogP contribution < -0.4 is 0 Å². The van der Waals surface area contributed by atoms with Crippen LogP contribution in [-0.2, 0) is 16.1 Å². The zero-order valence-electron chi connectivity index (χ0n) is 9.59. The first kappa shape index (κ1) is 12.0. The molecule has 0 spiro atoms. The monoisotopic (exact) mass is 233 g/mol. The molecule has 90 valence electrons. The molecule has 0 saturated carbocycles. The van der Waals surface area contributed by atoms with Gasteiger partial charge in [-0.05, 0) is 5.56 Å². The van der Waals surface area contributed by atoms with Gasteiger partial charge in [-0.25, -0.2) is 0 Å². The first-order valence-electron chi connectivity index (χ1n) is 5.69. The van der Waals surface area contributed by atoms with Crippen molar-refractivity contribution < 1.29 is 14.3 Å². The highest BCUT2D eigenvalue weighted by Gasteiger charge is 2.15. The van der Waals surface area contributed by atoms with Crippen molar-refractivity contribution in [2.24, 2.45) is 0 Å². The van der Waals surface area contributed by atoms with Crippen LogP contribution in [0.2, 0.25) is 0 Å². The maximum absolute atomic E-state index is 11.5. The van der Waals surface area contributed by atoms with E-state index in [2.05, 4.69) is 4.90 Å². The SMILES string of the molecule is O=CC(=O)c1ccccc1CN1CCOCC1. The zero-order valence-corrected chi connectivity index (χ0v) is 9.59. The number of hydrogen-bond donors (Lipinski definition) is 0. The van der Waals surface area contributed by atoms with E-state index in [0.29, 0.717) is 18.4 Å². The van der Waals surface area contributed by atoms with E-state index in [1.807, 2.05) is 12.1 Å². The molecule has 0 amide bonds. The lowest BCUT2D eigenvalue weighted by Crippen LogP contribution is -2.36. The van der Waals surface area contributed by atoms with Crippen molar-refractivity contribution in [2.75, 3.05) is 26.3 Å². The molecule has 4 nitrogen and oxygen atoms in total. The molecule has 0 aliphatic carbocycles. The van der Waals surface area contributed by atoms with Crippen LogP contribution in [0.25, 0.3) is 0 Å². The van der Waals surface area contributed by atoms with Gasteiger partial charge in [0.2, 0.25) is 5.78 Å². The Kier molecular flexibility index (Phi) is 4.01. The quantitative estimate of drug-likeness (QED) is 0.440. The van der Waals surface area contributed by atoms with E-state index in [0.717, 1.165) is 31.9 Å². The van der Waals surface area contributed by atoms with Gasteiger partial charge in [0.05, 0.1) is 13.2 Å². The van der Waals surface area contributed by atoms with Gasteiger partial charge in [-0.15, -0.1) is 0 Å². The van der Waals surface area contributed by atoms with Gasteiger partial charge in [0.1, 0.15) is 0 Å². The van der Waals surface area contributed by atoms with Crippen LogP contribution in [0.3, 0.4) is 0 Å². The van der Waals surface area contributed by atoms with E-state index in [4.69, 9.17) is 4.74 Å². The summed E-state index contributed by atoms with van der Waals surface area (Å²) >= 11 is 0. The summed E-state index contributed by atoms with van der Waals surface area (Å²) in [6.07, 6.45) is 0.373. The Bertz CT molecular complexity index is 411. The van der Waals surface area contributed by atoms with Crippen LogP contribution in [0, 0.1) is 0 Å². The van der Waals surface area contributed by atoms with Gasteiger partial charge in [0.25, 0.3) is 0 Å². The number of benzene rings is 1. The molecule has 0 unspecified atom stereocenters. The zero-order chi connectivity index (χ0) is 12.1. The van der Waals surface area contributed by atoms with Gasteiger partial charge in [-0.2, -0.15) is 0 Å².